The lowest BCUT2D eigenvalue weighted by molar-refractivity contribution is 0.153. The van der Waals surface area contributed by atoms with Crippen LogP contribution in [0.3, 0.4) is 0 Å². The highest BCUT2D eigenvalue weighted by molar-refractivity contribution is 5.81. The Morgan fingerprint density at radius 1 is 1.28 bits per heavy atom. The van der Waals surface area contributed by atoms with Crippen LogP contribution >= 0.6 is 0 Å². The van der Waals surface area contributed by atoms with E-state index in [1.54, 1.807) is 6.07 Å². The van der Waals surface area contributed by atoms with E-state index in [1.165, 1.54) is 12.1 Å². The van der Waals surface area contributed by atoms with E-state index in [1.807, 2.05) is 20.8 Å². The van der Waals surface area contributed by atoms with E-state index in [0.29, 0.717) is 11.3 Å². The van der Waals surface area contributed by atoms with Crippen LogP contribution in [-0.2, 0) is 5.41 Å². The van der Waals surface area contributed by atoms with E-state index < -0.39 is 12.0 Å². The van der Waals surface area contributed by atoms with Gasteiger partial charge in [0.05, 0.1) is 10.9 Å². The van der Waals surface area contributed by atoms with Crippen molar-refractivity contribution >= 4 is 10.9 Å². The van der Waals surface area contributed by atoms with Crippen molar-refractivity contribution in [3.8, 4) is 0 Å². The Morgan fingerprint density at radius 2 is 1.94 bits per heavy atom. The monoisotopic (exact) mass is 252 g/mol. The number of nitrogens with one attached hydrogen (secondary N) is 1. The fourth-order valence-electron chi connectivity index (χ4n) is 1.75. The Bertz CT molecular complexity index is 641. The second-order valence-electron chi connectivity index (χ2n) is 5.21. The molecule has 2 rings (SSSR count). The third kappa shape index (κ3) is 2.12. The molecular formula is C13H14F2N2O. The van der Waals surface area contributed by atoms with Crippen molar-refractivity contribution in [1.82, 2.24) is 9.97 Å². The number of hydrogen-bond donors (Lipinski definition) is 1. The van der Waals surface area contributed by atoms with Crippen LogP contribution in [0, 0.1) is 0 Å². The van der Waals surface area contributed by atoms with Crippen LogP contribution in [0.1, 0.15) is 38.6 Å². The molecule has 0 saturated carbocycles. The smallest absolute Gasteiger partial charge is 0.264 e. The van der Waals surface area contributed by atoms with Gasteiger partial charge in [-0.15, -0.1) is 0 Å². The standard InChI is InChI=1S/C13H14F2N2O/c1-13(2,3)12-16-8-6-4-5-7(10(14)15)9(8)11(18)17-12/h4-6,10H,1-3H3,(H,16,17,18). The first-order valence-electron chi connectivity index (χ1n) is 5.62. The largest absolute Gasteiger partial charge is 0.310 e. The van der Waals surface area contributed by atoms with Gasteiger partial charge < -0.3 is 4.98 Å². The molecule has 0 aliphatic heterocycles. The molecule has 0 unspecified atom stereocenters. The summed E-state index contributed by atoms with van der Waals surface area (Å²) in [6.07, 6.45) is -2.68. The predicted molar refractivity (Wildman–Crippen MR) is 66.0 cm³/mol. The fraction of sp³-hybridized carbons (Fsp3) is 0.385. The molecule has 3 nitrogen and oxygen atoms in total. The Kier molecular flexibility index (Phi) is 2.92. The van der Waals surface area contributed by atoms with E-state index in [9.17, 15) is 13.6 Å². The van der Waals surface area contributed by atoms with Gasteiger partial charge in [0.25, 0.3) is 12.0 Å². The minimum atomic E-state index is -2.68. The number of hydrogen-bond acceptors (Lipinski definition) is 2. The number of aromatic nitrogens is 2. The first-order valence-corrected chi connectivity index (χ1v) is 5.62. The van der Waals surface area contributed by atoms with Gasteiger partial charge in [-0.3, -0.25) is 4.79 Å². The maximum Gasteiger partial charge on any atom is 0.264 e. The van der Waals surface area contributed by atoms with E-state index in [-0.39, 0.29) is 16.4 Å². The van der Waals surface area contributed by atoms with Crippen LogP contribution in [-0.4, -0.2) is 9.97 Å². The molecule has 0 aliphatic rings. The number of benzene rings is 1. The van der Waals surface area contributed by atoms with Crippen LogP contribution in [0.25, 0.3) is 10.9 Å². The summed E-state index contributed by atoms with van der Waals surface area (Å²) in [5.41, 5.74) is -0.822. The topological polar surface area (TPSA) is 45.8 Å². The number of alkyl halides is 2. The molecular weight excluding hydrogens is 238 g/mol. The summed E-state index contributed by atoms with van der Waals surface area (Å²) in [4.78, 5) is 18.8. The van der Waals surface area contributed by atoms with Gasteiger partial charge in [0.2, 0.25) is 0 Å². The first-order chi connectivity index (χ1) is 8.30. The number of rotatable bonds is 1. The maximum atomic E-state index is 12.8. The number of nitrogens with zero attached hydrogens (tertiary/aromatic N) is 1. The van der Waals surface area contributed by atoms with Gasteiger partial charge in [0.15, 0.2) is 0 Å². The molecule has 2 aromatic rings. The van der Waals surface area contributed by atoms with Crippen molar-refractivity contribution in [1.29, 1.82) is 0 Å². The molecule has 0 bridgehead atoms. The van der Waals surface area contributed by atoms with Crippen molar-refractivity contribution in [2.24, 2.45) is 0 Å². The minimum Gasteiger partial charge on any atom is -0.310 e. The van der Waals surface area contributed by atoms with Crippen LogP contribution in [0.4, 0.5) is 8.78 Å². The van der Waals surface area contributed by atoms with E-state index in [0.717, 1.165) is 0 Å². The Labute approximate surface area is 103 Å². The average Bonchev–Trinajstić information content (AvgIpc) is 2.26. The van der Waals surface area contributed by atoms with Gasteiger partial charge in [0.1, 0.15) is 5.82 Å². The Balaban J connectivity index is 2.82. The van der Waals surface area contributed by atoms with Gasteiger partial charge in [-0.25, -0.2) is 13.8 Å². The van der Waals surface area contributed by atoms with Gasteiger partial charge in [-0.2, -0.15) is 0 Å². The summed E-state index contributed by atoms with van der Waals surface area (Å²) in [6.45, 7) is 5.69. The summed E-state index contributed by atoms with van der Waals surface area (Å²) >= 11 is 0. The highest BCUT2D eigenvalue weighted by atomic mass is 19.3. The normalized spacial score (nSPS) is 12.3. The van der Waals surface area contributed by atoms with Crippen LogP contribution < -0.4 is 5.56 Å². The summed E-state index contributed by atoms with van der Waals surface area (Å²) in [7, 11) is 0. The molecule has 0 radical (unpaired) electrons. The van der Waals surface area contributed by atoms with E-state index in [2.05, 4.69) is 9.97 Å². The van der Waals surface area contributed by atoms with E-state index in [4.69, 9.17) is 0 Å². The molecule has 18 heavy (non-hydrogen) atoms. The lowest BCUT2D eigenvalue weighted by Crippen LogP contribution is -2.22. The van der Waals surface area contributed by atoms with Crippen molar-refractivity contribution in [2.45, 2.75) is 32.6 Å². The molecule has 0 saturated heterocycles. The summed E-state index contributed by atoms with van der Waals surface area (Å²) in [5, 5.41) is -0.0273. The van der Waals surface area contributed by atoms with Gasteiger partial charge in [-0.05, 0) is 6.07 Å². The van der Waals surface area contributed by atoms with Gasteiger partial charge in [-0.1, -0.05) is 32.9 Å². The molecule has 1 N–H and O–H groups in total. The molecule has 1 aromatic carbocycles. The summed E-state index contributed by atoms with van der Waals surface area (Å²) in [6, 6.07) is 4.31. The first kappa shape index (κ1) is 12.7. The Hall–Kier alpha value is -1.78. The van der Waals surface area contributed by atoms with Crippen molar-refractivity contribution in [3.05, 3.63) is 39.9 Å². The summed E-state index contributed by atoms with van der Waals surface area (Å²) < 4.78 is 25.7. The van der Waals surface area contributed by atoms with Crippen molar-refractivity contribution in [2.75, 3.05) is 0 Å². The number of halogens is 2. The molecule has 1 heterocycles. The molecule has 96 valence electrons. The van der Waals surface area contributed by atoms with Gasteiger partial charge >= 0.3 is 0 Å². The van der Waals surface area contributed by atoms with E-state index >= 15 is 0 Å². The van der Waals surface area contributed by atoms with Crippen LogP contribution in [0.15, 0.2) is 23.0 Å². The molecule has 1 aromatic heterocycles. The second-order valence-corrected chi connectivity index (χ2v) is 5.21. The highest BCUT2D eigenvalue weighted by Gasteiger charge is 2.20. The fourth-order valence-corrected chi connectivity index (χ4v) is 1.75. The lowest BCUT2D eigenvalue weighted by atomic mass is 9.95. The van der Waals surface area contributed by atoms with Crippen molar-refractivity contribution < 1.29 is 8.78 Å². The predicted octanol–water partition coefficient (Wildman–Crippen LogP) is 3.16. The zero-order valence-corrected chi connectivity index (χ0v) is 10.4. The highest BCUT2D eigenvalue weighted by Crippen LogP contribution is 2.25. The molecule has 0 amide bonds. The zero-order valence-electron chi connectivity index (χ0n) is 10.4. The third-order valence-corrected chi connectivity index (χ3v) is 2.71. The maximum absolute atomic E-state index is 12.8. The molecule has 0 spiro atoms. The third-order valence-electron chi connectivity index (χ3n) is 2.71. The average molecular weight is 252 g/mol. The molecule has 0 atom stereocenters. The Morgan fingerprint density at radius 3 is 2.50 bits per heavy atom. The number of H-pyrrole nitrogens is 1. The molecule has 5 heteroatoms. The quantitative estimate of drug-likeness (QED) is 0.847. The zero-order chi connectivity index (χ0) is 13.5. The van der Waals surface area contributed by atoms with Crippen LogP contribution in [0.2, 0.25) is 0 Å². The number of fused-ring (bicyclic) bond motifs is 1. The lowest BCUT2D eigenvalue weighted by Gasteiger charge is -2.17. The minimum absolute atomic E-state index is 0.0273. The molecule has 0 fully saturated rings. The summed E-state index contributed by atoms with van der Waals surface area (Å²) in [5.74, 6) is 0.492. The van der Waals surface area contributed by atoms with Gasteiger partial charge in [0, 0.05) is 11.0 Å². The number of aromatic amines is 1. The molecule has 0 aliphatic carbocycles. The van der Waals surface area contributed by atoms with Crippen LogP contribution in [0.5, 0.6) is 0 Å². The SMILES string of the molecule is CC(C)(C)c1nc2cccc(C(F)F)c2c(=O)[nH]1. The van der Waals surface area contributed by atoms with Crippen molar-refractivity contribution in [3.63, 3.8) is 0 Å². The second kappa shape index (κ2) is 4.15.